The first-order chi connectivity index (χ1) is 9.74. The van der Waals surface area contributed by atoms with Crippen LogP contribution in [0.4, 0.5) is 27.6 Å². The minimum atomic E-state index is -4.60. The van der Waals surface area contributed by atoms with Gasteiger partial charge in [-0.05, 0) is 25.1 Å². The average Bonchev–Trinajstić information content (AvgIpc) is 2.36. The van der Waals surface area contributed by atoms with E-state index in [1.165, 1.54) is 26.1 Å². The number of ether oxygens (including phenoxy) is 1. The molecule has 3 nitrogen and oxygen atoms in total. The number of halogens is 5. The summed E-state index contributed by atoms with van der Waals surface area (Å²) in [4.78, 5) is 3.57. The van der Waals surface area contributed by atoms with Gasteiger partial charge in [0.15, 0.2) is 0 Å². The predicted octanol–water partition coefficient (Wildman–Crippen LogP) is 4.21. The maximum Gasteiger partial charge on any atom is 0.433 e. The van der Waals surface area contributed by atoms with Crippen molar-refractivity contribution in [1.82, 2.24) is 4.98 Å². The van der Waals surface area contributed by atoms with E-state index in [2.05, 4.69) is 15.0 Å². The van der Waals surface area contributed by atoms with E-state index in [0.29, 0.717) is 0 Å². The van der Waals surface area contributed by atoms with E-state index in [1.807, 2.05) is 0 Å². The Bertz CT molecular complexity index is 670. The first-order valence-electron chi connectivity index (χ1n) is 5.88. The first kappa shape index (κ1) is 15.3. The lowest BCUT2D eigenvalue weighted by atomic mass is 10.1. The van der Waals surface area contributed by atoms with Crippen LogP contribution in [0.2, 0.25) is 0 Å². The van der Waals surface area contributed by atoms with Crippen molar-refractivity contribution in [3.05, 3.63) is 29.5 Å². The zero-order valence-corrected chi connectivity index (χ0v) is 11.1. The van der Waals surface area contributed by atoms with Gasteiger partial charge in [0.05, 0.1) is 5.52 Å². The number of benzene rings is 1. The number of fused-ring (bicyclic) bond motifs is 1. The standard InChI is InChI=1S/C13H11F5N2O/c1-6-10(19-2)8-5-7(21-12(14)15)3-4-9(8)20-11(6)13(16,17)18/h3-5,12H,1-2H3,(H,19,20). The zero-order valence-electron chi connectivity index (χ0n) is 11.1. The monoisotopic (exact) mass is 306 g/mol. The van der Waals surface area contributed by atoms with Crippen molar-refractivity contribution in [3.8, 4) is 5.75 Å². The lowest BCUT2D eigenvalue weighted by molar-refractivity contribution is -0.141. The molecule has 0 bridgehead atoms. The highest BCUT2D eigenvalue weighted by atomic mass is 19.4. The number of rotatable bonds is 3. The molecule has 0 fully saturated rings. The summed E-state index contributed by atoms with van der Waals surface area (Å²) in [6.07, 6.45) is -4.60. The molecule has 1 aromatic carbocycles. The molecular weight excluding hydrogens is 295 g/mol. The number of alkyl halides is 5. The summed E-state index contributed by atoms with van der Waals surface area (Å²) in [5.74, 6) is -0.144. The predicted molar refractivity (Wildman–Crippen MR) is 67.7 cm³/mol. The summed E-state index contributed by atoms with van der Waals surface area (Å²) in [6, 6.07) is 3.59. The number of anilines is 1. The van der Waals surface area contributed by atoms with Crippen LogP contribution in [0.15, 0.2) is 18.2 Å². The Morgan fingerprint density at radius 3 is 2.43 bits per heavy atom. The van der Waals surface area contributed by atoms with Crippen LogP contribution in [0.5, 0.6) is 5.75 Å². The number of pyridine rings is 1. The Kier molecular flexibility index (Phi) is 3.89. The molecular formula is C13H11F5N2O. The number of nitrogens with one attached hydrogen (secondary N) is 1. The molecule has 1 aromatic heterocycles. The smallest absolute Gasteiger partial charge is 0.433 e. The van der Waals surface area contributed by atoms with Gasteiger partial charge in [-0.3, -0.25) is 0 Å². The number of hydrogen-bond donors (Lipinski definition) is 1. The molecule has 0 amide bonds. The van der Waals surface area contributed by atoms with Gasteiger partial charge in [-0.2, -0.15) is 22.0 Å². The molecule has 8 heteroatoms. The molecule has 2 aromatic rings. The van der Waals surface area contributed by atoms with Crippen LogP contribution >= 0.6 is 0 Å². The SMILES string of the molecule is CNc1c(C)c(C(F)(F)F)nc2ccc(OC(F)F)cc12. The third kappa shape index (κ3) is 2.98. The molecule has 0 saturated carbocycles. The van der Waals surface area contributed by atoms with Crippen LogP contribution in [0, 0.1) is 6.92 Å². The van der Waals surface area contributed by atoms with Crippen LogP contribution in [0.1, 0.15) is 11.3 Å². The van der Waals surface area contributed by atoms with Gasteiger partial charge >= 0.3 is 12.8 Å². The van der Waals surface area contributed by atoms with Gasteiger partial charge in [0, 0.05) is 23.7 Å². The Morgan fingerprint density at radius 1 is 1.24 bits per heavy atom. The van der Waals surface area contributed by atoms with E-state index >= 15 is 0 Å². The Hall–Kier alpha value is -2.12. The normalized spacial score (nSPS) is 12.0. The molecule has 21 heavy (non-hydrogen) atoms. The molecule has 0 radical (unpaired) electrons. The second-order valence-electron chi connectivity index (χ2n) is 4.27. The average molecular weight is 306 g/mol. The van der Waals surface area contributed by atoms with Crippen molar-refractivity contribution in [3.63, 3.8) is 0 Å². The summed E-state index contributed by atoms with van der Waals surface area (Å²) in [5, 5.41) is 2.93. The van der Waals surface area contributed by atoms with Crippen molar-refractivity contribution >= 4 is 16.6 Å². The fourth-order valence-corrected chi connectivity index (χ4v) is 2.11. The van der Waals surface area contributed by atoms with Crippen molar-refractivity contribution in [2.75, 3.05) is 12.4 Å². The molecule has 114 valence electrons. The third-order valence-corrected chi connectivity index (χ3v) is 2.94. The molecule has 0 unspecified atom stereocenters. The number of hydrogen-bond acceptors (Lipinski definition) is 3. The molecule has 0 aliphatic heterocycles. The summed E-state index contributed by atoms with van der Waals surface area (Å²) < 4.78 is 67.4. The van der Waals surface area contributed by atoms with Crippen molar-refractivity contribution in [2.24, 2.45) is 0 Å². The topological polar surface area (TPSA) is 34.2 Å². The van der Waals surface area contributed by atoms with Gasteiger partial charge < -0.3 is 10.1 Å². The van der Waals surface area contributed by atoms with E-state index in [-0.39, 0.29) is 27.9 Å². The lowest BCUT2D eigenvalue weighted by Crippen LogP contribution is -2.12. The lowest BCUT2D eigenvalue weighted by Gasteiger charge is -2.16. The summed E-state index contributed by atoms with van der Waals surface area (Å²) >= 11 is 0. The van der Waals surface area contributed by atoms with E-state index in [1.54, 1.807) is 0 Å². The molecule has 0 aliphatic carbocycles. The van der Waals surface area contributed by atoms with Gasteiger partial charge in [0.1, 0.15) is 11.4 Å². The minimum Gasteiger partial charge on any atom is -0.435 e. The van der Waals surface area contributed by atoms with Crippen LogP contribution in [-0.4, -0.2) is 18.6 Å². The quantitative estimate of drug-likeness (QED) is 0.863. The molecule has 1 heterocycles. The van der Waals surface area contributed by atoms with Gasteiger partial charge in [-0.15, -0.1) is 0 Å². The van der Waals surface area contributed by atoms with E-state index in [9.17, 15) is 22.0 Å². The van der Waals surface area contributed by atoms with Gasteiger partial charge in [-0.25, -0.2) is 4.98 Å². The Labute approximate surface area is 116 Å². The summed E-state index contributed by atoms with van der Waals surface area (Å²) in [7, 11) is 1.45. The first-order valence-corrected chi connectivity index (χ1v) is 5.88. The zero-order chi connectivity index (χ0) is 15.8. The number of nitrogens with zero attached hydrogens (tertiary/aromatic N) is 1. The molecule has 2 rings (SSSR count). The Morgan fingerprint density at radius 2 is 1.90 bits per heavy atom. The minimum absolute atomic E-state index is 0.0406. The van der Waals surface area contributed by atoms with E-state index in [4.69, 9.17) is 0 Å². The van der Waals surface area contributed by atoms with Crippen molar-refractivity contribution in [2.45, 2.75) is 19.7 Å². The van der Waals surface area contributed by atoms with Crippen LogP contribution in [-0.2, 0) is 6.18 Å². The number of aromatic nitrogens is 1. The maximum absolute atomic E-state index is 12.9. The molecule has 1 N–H and O–H groups in total. The fourth-order valence-electron chi connectivity index (χ4n) is 2.11. The molecule has 0 aliphatic rings. The van der Waals surface area contributed by atoms with Crippen LogP contribution in [0.25, 0.3) is 10.9 Å². The van der Waals surface area contributed by atoms with Gasteiger partial charge in [0.2, 0.25) is 0 Å². The van der Waals surface area contributed by atoms with Gasteiger partial charge in [-0.1, -0.05) is 0 Å². The molecule has 0 spiro atoms. The Balaban J connectivity index is 2.70. The summed E-state index contributed by atoms with van der Waals surface area (Å²) in [6.45, 7) is -1.74. The highest BCUT2D eigenvalue weighted by Crippen LogP contribution is 2.37. The maximum atomic E-state index is 12.9. The highest BCUT2D eigenvalue weighted by Gasteiger charge is 2.36. The highest BCUT2D eigenvalue weighted by molar-refractivity contribution is 5.94. The second-order valence-corrected chi connectivity index (χ2v) is 4.27. The van der Waals surface area contributed by atoms with E-state index in [0.717, 1.165) is 6.07 Å². The van der Waals surface area contributed by atoms with E-state index < -0.39 is 18.5 Å². The van der Waals surface area contributed by atoms with Crippen molar-refractivity contribution < 1.29 is 26.7 Å². The second kappa shape index (κ2) is 5.34. The van der Waals surface area contributed by atoms with Gasteiger partial charge in [0.25, 0.3) is 0 Å². The largest absolute Gasteiger partial charge is 0.435 e. The molecule has 0 atom stereocenters. The van der Waals surface area contributed by atoms with Crippen molar-refractivity contribution in [1.29, 1.82) is 0 Å². The van der Waals surface area contributed by atoms with Crippen LogP contribution in [0.3, 0.4) is 0 Å². The fraction of sp³-hybridized carbons (Fsp3) is 0.308. The molecule has 0 saturated heterocycles. The third-order valence-electron chi connectivity index (χ3n) is 2.94. The summed E-state index contributed by atoms with van der Waals surface area (Å²) in [5.41, 5.74) is -0.903. The van der Waals surface area contributed by atoms with Crippen LogP contribution < -0.4 is 10.1 Å².